The van der Waals surface area contributed by atoms with Crippen LogP contribution in [0.1, 0.15) is 11.5 Å². The zero-order valence-electron chi connectivity index (χ0n) is 9.09. The Morgan fingerprint density at radius 2 is 2.12 bits per heavy atom. The van der Waals surface area contributed by atoms with E-state index in [1.54, 1.807) is 13.1 Å². The Kier molecular flexibility index (Phi) is 2.76. The van der Waals surface area contributed by atoms with Gasteiger partial charge in [-0.3, -0.25) is 14.7 Å². The molecule has 0 aliphatic rings. The van der Waals surface area contributed by atoms with Crippen molar-refractivity contribution in [2.75, 3.05) is 0 Å². The van der Waals surface area contributed by atoms with Crippen LogP contribution in [0, 0.1) is 24.0 Å². The highest BCUT2D eigenvalue weighted by molar-refractivity contribution is 6.28. The molecule has 0 unspecified atom stereocenters. The van der Waals surface area contributed by atoms with E-state index in [0.717, 1.165) is 0 Å². The largest absolute Gasteiger partial charge is 0.333 e. The smallest absolute Gasteiger partial charge is 0.282 e. The van der Waals surface area contributed by atoms with E-state index in [9.17, 15) is 10.1 Å². The molecule has 0 bridgehead atoms. The quantitative estimate of drug-likeness (QED) is 0.463. The summed E-state index contributed by atoms with van der Waals surface area (Å²) in [7, 11) is 0. The molecule has 0 saturated heterocycles. The van der Waals surface area contributed by atoms with Gasteiger partial charge in [0, 0.05) is 12.4 Å². The second-order valence-corrected chi connectivity index (χ2v) is 3.69. The van der Waals surface area contributed by atoms with E-state index in [1.165, 1.54) is 17.7 Å². The minimum Gasteiger partial charge on any atom is -0.282 e. The van der Waals surface area contributed by atoms with Crippen LogP contribution in [0.15, 0.2) is 12.4 Å². The van der Waals surface area contributed by atoms with Crippen molar-refractivity contribution in [3.63, 3.8) is 0 Å². The van der Waals surface area contributed by atoms with Gasteiger partial charge in [-0.15, -0.1) is 0 Å². The molecule has 0 aromatic carbocycles. The molecule has 2 rings (SSSR count). The minimum absolute atomic E-state index is 0.0313. The molecule has 0 N–H and O–H groups in total. The lowest BCUT2D eigenvalue weighted by Crippen LogP contribution is -2.07. The third-order valence-electron chi connectivity index (χ3n) is 2.25. The average molecular weight is 254 g/mol. The van der Waals surface area contributed by atoms with E-state index in [1.807, 2.05) is 0 Å². The van der Waals surface area contributed by atoms with Gasteiger partial charge < -0.3 is 0 Å². The summed E-state index contributed by atoms with van der Waals surface area (Å²) >= 11 is 5.72. The maximum absolute atomic E-state index is 11.0. The number of rotatable bonds is 2. The number of nitrogens with zero attached hydrogens (tertiary/aromatic N) is 5. The van der Waals surface area contributed by atoms with E-state index in [0.29, 0.717) is 5.82 Å². The van der Waals surface area contributed by atoms with Gasteiger partial charge in [0.1, 0.15) is 11.5 Å². The van der Waals surface area contributed by atoms with Gasteiger partial charge in [-0.25, -0.2) is 9.97 Å². The first-order valence-corrected chi connectivity index (χ1v) is 5.07. The fraction of sp³-hybridized carbons (Fsp3) is 0.222. The Balaban J connectivity index is 2.76. The molecule has 0 aliphatic carbocycles. The maximum Gasteiger partial charge on any atom is 0.333 e. The maximum atomic E-state index is 11.0. The summed E-state index contributed by atoms with van der Waals surface area (Å²) in [5, 5.41) is 11.0. The highest BCUT2D eigenvalue weighted by Gasteiger charge is 2.23. The number of imidazole rings is 1. The van der Waals surface area contributed by atoms with Crippen LogP contribution in [0.5, 0.6) is 0 Å². The normalized spacial score (nSPS) is 10.5. The van der Waals surface area contributed by atoms with Gasteiger partial charge in [-0.2, -0.15) is 4.98 Å². The van der Waals surface area contributed by atoms with Crippen molar-refractivity contribution in [3.8, 4) is 5.82 Å². The molecule has 0 saturated carbocycles. The Hall–Kier alpha value is -2.02. The van der Waals surface area contributed by atoms with Gasteiger partial charge >= 0.3 is 5.69 Å². The first-order valence-electron chi connectivity index (χ1n) is 4.69. The Bertz CT molecular complexity index is 595. The standard InChI is InChI=1S/C9H8ClN5O2/c1-5-7(15(16)17)8(13-9(10)12-5)14-4-3-11-6(14)2/h3-4H,1-2H3. The average Bonchev–Trinajstić information content (AvgIpc) is 2.62. The fourth-order valence-corrected chi connectivity index (χ4v) is 1.71. The molecule has 2 aromatic rings. The molecule has 0 aliphatic heterocycles. The van der Waals surface area contributed by atoms with Crippen molar-refractivity contribution in [3.05, 3.63) is 39.3 Å². The molecule has 0 fully saturated rings. The monoisotopic (exact) mass is 253 g/mol. The topological polar surface area (TPSA) is 86.7 Å². The number of aromatic nitrogens is 4. The summed E-state index contributed by atoms with van der Waals surface area (Å²) in [6, 6.07) is 0. The van der Waals surface area contributed by atoms with Crippen molar-refractivity contribution in [1.82, 2.24) is 19.5 Å². The van der Waals surface area contributed by atoms with Gasteiger partial charge in [-0.05, 0) is 25.4 Å². The first-order chi connectivity index (χ1) is 8.00. The van der Waals surface area contributed by atoms with Crippen molar-refractivity contribution < 1.29 is 4.92 Å². The van der Waals surface area contributed by atoms with Gasteiger partial charge in [0.05, 0.1) is 4.92 Å². The molecule has 2 aromatic heterocycles. The molecule has 2 heterocycles. The van der Waals surface area contributed by atoms with E-state index < -0.39 is 4.92 Å². The van der Waals surface area contributed by atoms with Crippen LogP contribution in [0.25, 0.3) is 5.82 Å². The van der Waals surface area contributed by atoms with Crippen LogP contribution < -0.4 is 0 Å². The SMILES string of the molecule is Cc1nc(Cl)nc(-n2ccnc2C)c1[N+](=O)[O-]. The lowest BCUT2D eigenvalue weighted by atomic mass is 10.3. The van der Waals surface area contributed by atoms with Crippen molar-refractivity contribution in [2.24, 2.45) is 0 Å². The second-order valence-electron chi connectivity index (χ2n) is 3.35. The summed E-state index contributed by atoms with van der Waals surface area (Å²) in [6.07, 6.45) is 3.12. The van der Waals surface area contributed by atoms with Crippen LogP contribution in [0.3, 0.4) is 0 Å². The van der Waals surface area contributed by atoms with E-state index in [4.69, 9.17) is 11.6 Å². The molecular weight excluding hydrogens is 246 g/mol. The third-order valence-corrected chi connectivity index (χ3v) is 2.42. The lowest BCUT2D eigenvalue weighted by molar-refractivity contribution is -0.385. The Morgan fingerprint density at radius 3 is 2.65 bits per heavy atom. The van der Waals surface area contributed by atoms with Crippen molar-refractivity contribution >= 4 is 17.3 Å². The van der Waals surface area contributed by atoms with Crippen molar-refractivity contribution in [2.45, 2.75) is 13.8 Å². The summed E-state index contributed by atoms with van der Waals surface area (Å²) in [5.74, 6) is 0.713. The van der Waals surface area contributed by atoms with Crippen molar-refractivity contribution in [1.29, 1.82) is 0 Å². The highest BCUT2D eigenvalue weighted by Crippen LogP contribution is 2.25. The van der Waals surface area contributed by atoms with E-state index >= 15 is 0 Å². The second kappa shape index (κ2) is 4.10. The van der Waals surface area contributed by atoms with Crippen LogP contribution >= 0.6 is 11.6 Å². The number of halogens is 1. The minimum atomic E-state index is -0.527. The summed E-state index contributed by atoms with van der Waals surface area (Å²) in [5.41, 5.74) is 0.0496. The number of aryl methyl sites for hydroxylation is 2. The van der Waals surface area contributed by atoms with Crippen LogP contribution in [0.4, 0.5) is 5.69 Å². The van der Waals surface area contributed by atoms with Gasteiger partial charge in [0.2, 0.25) is 11.1 Å². The number of hydrogen-bond donors (Lipinski definition) is 0. The zero-order chi connectivity index (χ0) is 12.6. The van der Waals surface area contributed by atoms with Gasteiger partial charge in [0.15, 0.2) is 0 Å². The van der Waals surface area contributed by atoms with Crippen LogP contribution in [0.2, 0.25) is 5.28 Å². The molecule has 17 heavy (non-hydrogen) atoms. The van der Waals surface area contributed by atoms with Gasteiger partial charge in [0.25, 0.3) is 0 Å². The van der Waals surface area contributed by atoms with Crippen LogP contribution in [-0.2, 0) is 0 Å². The predicted octanol–water partition coefficient (Wildman–Crippen LogP) is 1.84. The number of hydrogen-bond acceptors (Lipinski definition) is 5. The zero-order valence-corrected chi connectivity index (χ0v) is 9.84. The molecule has 0 radical (unpaired) electrons. The van der Waals surface area contributed by atoms with Gasteiger partial charge in [-0.1, -0.05) is 0 Å². The first kappa shape index (κ1) is 11.5. The molecule has 7 nitrogen and oxygen atoms in total. The summed E-state index contributed by atoms with van der Waals surface area (Å²) in [4.78, 5) is 22.1. The van der Waals surface area contributed by atoms with E-state index in [-0.39, 0.29) is 22.5 Å². The number of nitro groups is 1. The Labute approximate surface area is 101 Å². The van der Waals surface area contributed by atoms with E-state index in [2.05, 4.69) is 15.0 Å². The molecule has 0 amide bonds. The lowest BCUT2D eigenvalue weighted by Gasteiger charge is -2.06. The summed E-state index contributed by atoms with van der Waals surface area (Å²) in [6.45, 7) is 3.23. The molecule has 8 heteroatoms. The molecule has 0 atom stereocenters. The Morgan fingerprint density at radius 1 is 1.41 bits per heavy atom. The fourth-order valence-electron chi connectivity index (χ4n) is 1.50. The molecule has 88 valence electrons. The molecule has 0 spiro atoms. The third kappa shape index (κ3) is 1.96. The molecular formula is C9H8ClN5O2. The summed E-state index contributed by atoms with van der Waals surface area (Å²) < 4.78 is 1.50. The highest BCUT2D eigenvalue weighted by atomic mass is 35.5. The van der Waals surface area contributed by atoms with Crippen LogP contribution in [-0.4, -0.2) is 24.4 Å². The predicted molar refractivity (Wildman–Crippen MR) is 60.3 cm³/mol.